The molecule has 1 aromatic rings. The lowest BCUT2D eigenvalue weighted by Gasteiger charge is -2.43. The first-order valence-electron chi connectivity index (χ1n) is 11.5. The molecule has 0 saturated heterocycles. The summed E-state index contributed by atoms with van der Waals surface area (Å²) in [6.07, 6.45) is 9.30. The Bertz CT molecular complexity index is 490. The lowest BCUT2D eigenvalue weighted by atomic mass is 9.72. The molecule has 4 nitrogen and oxygen atoms in total. The molecule has 1 rings (SSSR count). The third kappa shape index (κ3) is 8.20. The summed E-state index contributed by atoms with van der Waals surface area (Å²) in [6, 6.07) is 9.92. The van der Waals surface area contributed by atoms with Gasteiger partial charge in [0.25, 0.3) is 0 Å². The van der Waals surface area contributed by atoms with Crippen molar-refractivity contribution in [2.75, 3.05) is 13.1 Å². The minimum atomic E-state index is -0.557. The van der Waals surface area contributed by atoms with E-state index in [4.69, 9.17) is 11.5 Å². The molecule has 0 amide bonds. The first-order chi connectivity index (χ1) is 13.5. The van der Waals surface area contributed by atoms with Crippen molar-refractivity contribution in [2.24, 2.45) is 17.4 Å². The fraction of sp³-hybridized carbons (Fsp3) is 0.750. The van der Waals surface area contributed by atoms with Gasteiger partial charge in [-0.2, -0.15) is 0 Å². The van der Waals surface area contributed by atoms with Crippen LogP contribution in [0.15, 0.2) is 30.3 Å². The molecule has 0 aliphatic rings. The van der Waals surface area contributed by atoms with Gasteiger partial charge in [0.05, 0.1) is 6.10 Å². The number of aliphatic hydroxyl groups is 1. The van der Waals surface area contributed by atoms with Gasteiger partial charge in [-0.05, 0) is 56.6 Å². The molecular weight excluding hydrogens is 346 g/mol. The molecule has 1 unspecified atom stereocenters. The molecular formula is C24H45N3O. The zero-order valence-corrected chi connectivity index (χ0v) is 18.5. The molecule has 0 bridgehead atoms. The summed E-state index contributed by atoms with van der Waals surface area (Å²) in [5, 5.41) is 14.6. The largest absolute Gasteiger partial charge is 0.390 e. The van der Waals surface area contributed by atoms with E-state index in [0.29, 0.717) is 25.4 Å². The Morgan fingerprint density at radius 1 is 1.00 bits per heavy atom. The topological polar surface area (TPSA) is 84.3 Å². The number of aliphatic hydroxyl groups excluding tert-OH is 1. The van der Waals surface area contributed by atoms with Gasteiger partial charge in [-0.1, -0.05) is 70.4 Å². The van der Waals surface area contributed by atoms with Gasteiger partial charge >= 0.3 is 0 Å². The maximum atomic E-state index is 10.8. The van der Waals surface area contributed by atoms with Crippen molar-refractivity contribution < 1.29 is 5.11 Å². The van der Waals surface area contributed by atoms with Gasteiger partial charge in [0.15, 0.2) is 0 Å². The maximum Gasteiger partial charge on any atom is 0.0818 e. The molecule has 3 atom stereocenters. The summed E-state index contributed by atoms with van der Waals surface area (Å²) < 4.78 is 0. The number of β-amino-alcohol motifs (C(OH)–C–C–N with tert-alkyl or cyclic N) is 1. The van der Waals surface area contributed by atoms with Crippen LogP contribution in [-0.2, 0) is 6.42 Å². The van der Waals surface area contributed by atoms with Gasteiger partial charge in [0, 0.05) is 18.1 Å². The van der Waals surface area contributed by atoms with Crippen molar-refractivity contribution in [2.45, 2.75) is 96.2 Å². The fourth-order valence-electron chi connectivity index (χ4n) is 4.59. The Hall–Kier alpha value is -0.940. The standard InChI is InChI=1S/C24H45N3O/c1-4-11-21(12-5-2)24(15-6-3,16-10-17-25)27-19-23(28)22(26)18-20-13-8-7-9-14-20/h7-9,13-14,21-23,27-28H,4-6,10-12,15-19,25-26H2,1-3H3/t22-,23+,24?/m0/s1. The van der Waals surface area contributed by atoms with Crippen LogP contribution in [-0.4, -0.2) is 35.9 Å². The van der Waals surface area contributed by atoms with Crippen molar-refractivity contribution in [3.05, 3.63) is 35.9 Å². The molecule has 1 aromatic carbocycles. The second-order valence-electron chi connectivity index (χ2n) is 8.37. The molecule has 6 N–H and O–H groups in total. The molecule has 0 aromatic heterocycles. The summed E-state index contributed by atoms with van der Waals surface area (Å²) in [4.78, 5) is 0. The number of hydrogen-bond donors (Lipinski definition) is 4. The summed E-state index contributed by atoms with van der Waals surface area (Å²) >= 11 is 0. The molecule has 162 valence electrons. The van der Waals surface area contributed by atoms with Crippen LogP contribution in [0.5, 0.6) is 0 Å². The summed E-state index contributed by atoms with van der Waals surface area (Å²) in [7, 11) is 0. The third-order valence-electron chi connectivity index (χ3n) is 6.05. The normalized spacial score (nSPS) is 16.1. The number of benzene rings is 1. The highest BCUT2D eigenvalue weighted by molar-refractivity contribution is 5.16. The Labute approximate surface area is 173 Å². The Morgan fingerprint density at radius 3 is 2.18 bits per heavy atom. The SMILES string of the molecule is CCCC(CCC)C(CCC)(CCCN)NC[C@@H](O)[C@@H](N)Cc1ccccc1. The molecule has 0 radical (unpaired) electrons. The highest BCUT2D eigenvalue weighted by Crippen LogP contribution is 2.35. The van der Waals surface area contributed by atoms with Gasteiger partial charge in [-0.25, -0.2) is 0 Å². The van der Waals surface area contributed by atoms with Crippen LogP contribution in [0.4, 0.5) is 0 Å². The van der Waals surface area contributed by atoms with Crippen molar-refractivity contribution in [1.82, 2.24) is 5.32 Å². The predicted molar refractivity (Wildman–Crippen MR) is 121 cm³/mol. The van der Waals surface area contributed by atoms with E-state index in [-0.39, 0.29) is 11.6 Å². The number of nitrogens with one attached hydrogen (secondary N) is 1. The fourth-order valence-corrected chi connectivity index (χ4v) is 4.59. The number of hydrogen-bond acceptors (Lipinski definition) is 4. The molecule has 0 fully saturated rings. The van der Waals surface area contributed by atoms with E-state index >= 15 is 0 Å². The van der Waals surface area contributed by atoms with E-state index in [1.165, 1.54) is 31.2 Å². The van der Waals surface area contributed by atoms with Crippen LogP contribution in [0.25, 0.3) is 0 Å². The zero-order valence-electron chi connectivity index (χ0n) is 18.5. The average Bonchev–Trinajstić information content (AvgIpc) is 2.70. The minimum absolute atomic E-state index is 0.0492. The van der Waals surface area contributed by atoms with Crippen LogP contribution in [0.1, 0.15) is 77.7 Å². The van der Waals surface area contributed by atoms with E-state index in [0.717, 1.165) is 25.7 Å². The third-order valence-corrected chi connectivity index (χ3v) is 6.05. The monoisotopic (exact) mass is 391 g/mol. The highest BCUT2D eigenvalue weighted by atomic mass is 16.3. The summed E-state index contributed by atoms with van der Waals surface area (Å²) in [5.74, 6) is 0.617. The van der Waals surface area contributed by atoms with E-state index in [1.54, 1.807) is 0 Å². The lowest BCUT2D eigenvalue weighted by molar-refractivity contribution is 0.0947. The van der Waals surface area contributed by atoms with Crippen LogP contribution >= 0.6 is 0 Å². The Balaban J connectivity index is 2.84. The Morgan fingerprint density at radius 2 is 1.64 bits per heavy atom. The predicted octanol–water partition coefficient (Wildman–Crippen LogP) is 4.00. The van der Waals surface area contributed by atoms with Crippen LogP contribution in [0.3, 0.4) is 0 Å². The zero-order chi connectivity index (χ0) is 20.8. The average molecular weight is 392 g/mol. The minimum Gasteiger partial charge on any atom is -0.390 e. The van der Waals surface area contributed by atoms with Crippen LogP contribution in [0, 0.1) is 5.92 Å². The smallest absolute Gasteiger partial charge is 0.0818 e. The molecule has 4 heteroatoms. The molecule has 0 spiro atoms. The van der Waals surface area contributed by atoms with Crippen LogP contribution < -0.4 is 16.8 Å². The lowest BCUT2D eigenvalue weighted by Crippen LogP contribution is -2.56. The summed E-state index contributed by atoms with van der Waals surface area (Å²) in [6.45, 7) is 8.06. The Kier molecular flexibility index (Phi) is 12.6. The van der Waals surface area contributed by atoms with E-state index < -0.39 is 6.10 Å². The molecule has 0 heterocycles. The summed E-state index contributed by atoms with van der Waals surface area (Å²) in [5.41, 5.74) is 13.4. The van der Waals surface area contributed by atoms with Gasteiger partial charge in [-0.3, -0.25) is 0 Å². The molecule has 0 saturated carbocycles. The first-order valence-corrected chi connectivity index (χ1v) is 11.5. The van der Waals surface area contributed by atoms with Crippen molar-refractivity contribution in [1.29, 1.82) is 0 Å². The van der Waals surface area contributed by atoms with Crippen molar-refractivity contribution >= 4 is 0 Å². The van der Waals surface area contributed by atoms with Gasteiger partial charge in [0.2, 0.25) is 0 Å². The maximum absolute atomic E-state index is 10.8. The first kappa shape index (κ1) is 25.1. The second-order valence-corrected chi connectivity index (χ2v) is 8.37. The van der Waals surface area contributed by atoms with Gasteiger partial charge in [0.1, 0.15) is 0 Å². The van der Waals surface area contributed by atoms with Crippen molar-refractivity contribution in [3.8, 4) is 0 Å². The van der Waals surface area contributed by atoms with Crippen LogP contribution in [0.2, 0.25) is 0 Å². The van der Waals surface area contributed by atoms with E-state index in [9.17, 15) is 5.11 Å². The molecule has 28 heavy (non-hydrogen) atoms. The van der Waals surface area contributed by atoms with E-state index in [2.05, 4.69) is 38.2 Å². The van der Waals surface area contributed by atoms with E-state index in [1.807, 2.05) is 18.2 Å². The quantitative estimate of drug-likeness (QED) is 0.343. The molecule has 0 aliphatic carbocycles. The molecule has 0 aliphatic heterocycles. The number of rotatable bonds is 16. The van der Waals surface area contributed by atoms with Crippen molar-refractivity contribution in [3.63, 3.8) is 0 Å². The second kappa shape index (κ2) is 14.1. The van der Waals surface area contributed by atoms with Gasteiger partial charge in [-0.15, -0.1) is 0 Å². The van der Waals surface area contributed by atoms with Gasteiger partial charge < -0.3 is 21.9 Å². The number of nitrogens with two attached hydrogens (primary N) is 2. The highest BCUT2D eigenvalue weighted by Gasteiger charge is 2.36.